The topological polar surface area (TPSA) is 32.3 Å². The molecule has 1 aliphatic rings. The third-order valence-corrected chi connectivity index (χ3v) is 5.51. The van der Waals surface area contributed by atoms with E-state index in [1.165, 1.54) is 11.1 Å². The predicted octanol–water partition coefficient (Wildman–Crippen LogP) is 4.95. The summed E-state index contributed by atoms with van der Waals surface area (Å²) < 4.78 is 0. The van der Waals surface area contributed by atoms with Gasteiger partial charge in [0.15, 0.2) is 0 Å². The molecule has 0 aliphatic carbocycles. The number of carbonyl (C=O) groups excluding carboxylic acids is 1. The molecule has 28 heavy (non-hydrogen) atoms. The maximum absolute atomic E-state index is 13.2. The first-order valence-corrected chi connectivity index (χ1v) is 9.97. The van der Waals surface area contributed by atoms with Crippen LogP contribution in [0.5, 0.6) is 0 Å². The van der Waals surface area contributed by atoms with E-state index in [4.69, 9.17) is 0 Å². The first-order chi connectivity index (χ1) is 13.7. The molecule has 0 spiro atoms. The highest BCUT2D eigenvalue weighted by molar-refractivity contribution is 5.99. The molecule has 0 saturated carbocycles. The van der Waals surface area contributed by atoms with Crippen molar-refractivity contribution in [3.63, 3.8) is 0 Å². The number of benzene rings is 3. The van der Waals surface area contributed by atoms with E-state index in [-0.39, 0.29) is 18.1 Å². The molecule has 2 atom stereocenters. The SMILES string of the molecule is C[C@@H](CCc1ccccc1)N1C(=O)c2ccccc2[C@@H]1NCc1ccccc1. The molecule has 1 aliphatic heterocycles. The molecule has 0 saturated heterocycles. The average molecular weight is 370 g/mol. The van der Waals surface area contributed by atoms with Crippen LogP contribution in [0.4, 0.5) is 0 Å². The summed E-state index contributed by atoms with van der Waals surface area (Å²) in [6, 6.07) is 28.9. The van der Waals surface area contributed by atoms with Gasteiger partial charge in [0, 0.05) is 23.7 Å². The standard InChI is InChI=1S/C25H26N2O/c1-19(16-17-20-10-4-2-5-11-20)27-24(26-18-21-12-6-3-7-13-21)22-14-8-9-15-23(22)25(27)28/h2-15,19,24,26H,16-18H2,1H3/t19-,24+/m0/s1. The molecule has 0 unspecified atom stereocenters. The molecule has 142 valence electrons. The molecule has 3 aromatic rings. The third-order valence-electron chi connectivity index (χ3n) is 5.51. The van der Waals surface area contributed by atoms with Gasteiger partial charge in [-0.25, -0.2) is 0 Å². The van der Waals surface area contributed by atoms with Crippen LogP contribution in [0.25, 0.3) is 0 Å². The Morgan fingerprint density at radius 3 is 2.18 bits per heavy atom. The highest BCUT2D eigenvalue weighted by Gasteiger charge is 2.38. The summed E-state index contributed by atoms with van der Waals surface area (Å²) >= 11 is 0. The number of hydrogen-bond acceptors (Lipinski definition) is 2. The summed E-state index contributed by atoms with van der Waals surface area (Å²) in [5.74, 6) is 0.127. The molecule has 0 fully saturated rings. The fraction of sp³-hybridized carbons (Fsp3) is 0.240. The molecule has 0 aromatic heterocycles. The summed E-state index contributed by atoms with van der Waals surface area (Å²) in [6.07, 6.45) is 1.82. The van der Waals surface area contributed by atoms with Gasteiger partial charge in [0.05, 0.1) is 0 Å². The van der Waals surface area contributed by atoms with E-state index in [9.17, 15) is 4.79 Å². The fourth-order valence-electron chi connectivity index (χ4n) is 3.97. The van der Waals surface area contributed by atoms with Crippen LogP contribution in [0.15, 0.2) is 84.9 Å². The van der Waals surface area contributed by atoms with Gasteiger partial charge in [-0.1, -0.05) is 78.9 Å². The van der Waals surface area contributed by atoms with Crippen LogP contribution in [0.2, 0.25) is 0 Å². The fourth-order valence-corrected chi connectivity index (χ4v) is 3.97. The monoisotopic (exact) mass is 370 g/mol. The van der Waals surface area contributed by atoms with Gasteiger partial charge in [-0.3, -0.25) is 10.1 Å². The Labute approximate surface area is 167 Å². The van der Waals surface area contributed by atoms with Gasteiger partial charge in [-0.2, -0.15) is 0 Å². The highest BCUT2D eigenvalue weighted by Crippen LogP contribution is 2.34. The maximum atomic E-state index is 13.2. The van der Waals surface area contributed by atoms with Crippen molar-refractivity contribution < 1.29 is 4.79 Å². The van der Waals surface area contributed by atoms with Crippen molar-refractivity contribution in [1.29, 1.82) is 0 Å². The number of aryl methyl sites for hydroxylation is 1. The zero-order valence-electron chi connectivity index (χ0n) is 16.2. The molecule has 3 aromatic carbocycles. The Bertz CT molecular complexity index is 924. The van der Waals surface area contributed by atoms with Gasteiger partial charge in [-0.15, -0.1) is 0 Å². The van der Waals surface area contributed by atoms with Crippen molar-refractivity contribution in [1.82, 2.24) is 10.2 Å². The highest BCUT2D eigenvalue weighted by atomic mass is 16.2. The summed E-state index contributed by atoms with van der Waals surface area (Å²) in [5.41, 5.74) is 4.43. The largest absolute Gasteiger partial charge is 0.316 e. The lowest BCUT2D eigenvalue weighted by Crippen LogP contribution is -2.42. The van der Waals surface area contributed by atoms with Crippen molar-refractivity contribution >= 4 is 5.91 Å². The average Bonchev–Trinajstić information content (AvgIpc) is 3.04. The van der Waals surface area contributed by atoms with E-state index in [1.54, 1.807) is 0 Å². The van der Waals surface area contributed by atoms with E-state index in [0.717, 1.165) is 30.5 Å². The molecule has 0 radical (unpaired) electrons. The number of hydrogen-bond donors (Lipinski definition) is 1. The molecule has 3 nitrogen and oxygen atoms in total. The van der Waals surface area contributed by atoms with Gasteiger partial charge in [0.25, 0.3) is 5.91 Å². The number of rotatable bonds is 7. The summed E-state index contributed by atoms with van der Waals surface area (Å²) in [4.78, 5) is 15.2. The first kappa shape index (κ1) is 18.5. The van der Waals surface area contributed by atoms with E-state index < -0.39 is 0 Å². The van der Waals surface area contributed by atoms with E-state index in [2.05, 4.69) is 54.7 Å². The van der Waals surface area contributed by atoms with Crippen LogP contribution in [0, 0.1) is 0 Å². The Kier molecular flexibility index (Phi) is 5.54. The molecule has 4 rings (SSSR count). The Balaban J connectivity index is 1.52. The van der Waals surface area contributed by atoms with E-state index in [0.29, 0.717) is 0 Å². The summed E-state index contributed by atoms with van der Waals surface area (Å²) in [7, 11) is 0. The zero-order valence-corrected chi connectivity index (χ0v) is 16.2. The molecular weight excluding hydrogens is 344 g/mol. The quantitative estimate of drug-likeness (QED) is 0.638. The number of nitrogens with zero attached hydrogens (tertiary/aromatic N) is 1. The number of fused-ring (bicyclic) bond motifs is 1. The van der Waals surface area contributed by atoms with Crippen LogP contribution < -0.4 is 5.32 Å². The minimum Gasteiger partial charge on any atom is -0.316 e. The van der Waals surface area contributed by atoms with Crippen LogP contribution in [-0.2, 0) is 13.0 Å². The summed E-state index contributed by atoms with van der Waals surface area (Å²) in [6.45, 7) is 2.89. The minimum atomic E-state index is -0.0883. The van der Waals surface area contributed by atoms with Crippen LogP contribution in [-0.4, -0.2) is 16.8 Å². The first-order valence-electron chi connectivity index (χ1n) is 9.97. The second-order valence-corrected chi connectivity index (χ2v) is 7.44. The van der Waals surface area contributed by atoms with Crippen LogP contribution in [0.3, 0.4) is 0 Å². The summed E-state index contributed by atoms with van der Waals surface area (Å²) in [5, 5.41) is 3.62. The normalized spacial score (nSPS) is 16.8. The molecule has 1 N–H and O–H groups in total. The molecular formula is C25H26N2O. The predicted molar refractivity (Wildman–Crippen MR) is 113 cm³/mol. The molecule has 0 bridgehead atoms. The number of carbonyl (C=O) groups is 1. The van der Waals surface area contributed by atoms with Gasteiger partial charge in [-0.05, 0) is 37.0 Å². The van der Waals surface area contributed by atoms with E-state index in [1.807, 2.05) is 47.4 Å². The molecule has 1 amide bonds. The Morgan fingerprint density at radius 2 is 1.46 bits per heavy atom. The van der Waals surface area contributed by atoms with Crippen molar-refractivity contribution in [3.05, 3.63) is 107 Å². The second-order valence-electron chi connectivity index (χ2n) is 7.44. The number of amides is 1. The van der Waals surface area contributed by atoms with Crippen molar-refractivity contribution in [2.45, 2.75) is 38.5 Å². The van der Waals surface area contributed by atoms with Gasteiger partial charge in [0.2, 0.25) is 0 Å². The second kappa shape index (κ2) is 8.41. The van der Waals surface area contributed by atoms with Crippen molar-refractivity contribution in [2.24, 2.45) is 0 Å². The van der Waals surface area contributed by atoms with Gasteiger partial charge >= 0.3 is 0 Å². The van der Waals surface area contributed by atoms with Crippen LogP contribution >= 0.6 is 0 Å². The number of nitrogens with one attached hydrogen (secondary N) is 1. The smallest absolute Gasteiger partial charge is 0.256 e. The van der Waals surface area contributed by atoms with Crippen molar-refractivity contribution in [3.8, 4) is 0 Å². The Hall–Kier alpha value is -2.91. The lowest BCUT2D eigenvalue weighted by Gasteiger charge is -2.32. The lowest BCUT2D eigenvalue weighted by atomic mass is 10.0. The van der Waals surface area contributed by atoms with Crippen LogP contribution in [0.1, 0.15) is 46.6 Å². The molecule has 1 heterocycles. The van der Waals surface area contributed by atoms with E-state index >= 15 is 0 Å². The van der Waals surface area contributed by atoms with Gasteiger partial charge in [0.1, 0.15) is 6.17 Å². The minimum absolute atomic E-state index is 0.0883. The zero-order chi connectivity index (χ0) is 19.3. The Morgan fingerprint density at radius 1 is 0.857 bits per heavy atom. The van der Waals surface area contributed by atoms with Gasteiger partial charge < -0.3 is 4.90 Å². The molecule has 3 heteroatoms. The third kappa shape index (κ3) is 3.85. The van der Waals surface area contributed by atoms with Crippen molar-refractivity contribution in [2.75, 3.05) is 0 Å². The lowest BCUT2D eigenvalue weighted by molar-refractivity contribution is 0.0590. The maximum Gasteiger partial charge on any atom is 0.256 e.